The lowest BCUT2D eigenvalue weighted by Gasteiger charge is -2.21. The van der Waals surface area contributed by atoms with E-state index < -0.39 is 0 Å². The van der Waals surface area contributed by atoms with Crippen molar-refractivity contribution in [1.82, 2.24) is 10.2 Å². The molecule has 1 atom stereocenters. The Morgan fingerprint density at radius 3 is 2.65 bits per heavy atom. The molecule has 0 aliphatic heterocycles. The van der Waals surface area contributed by atoms with E-state index in [-0.39, 0.29) is 11.9 Å². The fraction of sp³-hybridized carbons (Fsp3) is 0.500. The van der Waals surface area contributed by atoms with Crippen molar-refractivity contribution in [3.63, 3.8) is 0 Å². The van der Waals surface area contributed by atoms with E-state index >= 15 is 0 Å². The van der Waals surface area contributed by atoms with Gasteiger partial charge in [-0.2, -0.15) is 0 Å². The monoisotopic (exact) mass is 278 g/mol. The lowest BCUT2D eigenvalue weighted by Crippen LogP contribution is -2.28. The van der Waals surface area contributed by atoms with Crippen LogP contribution in [0.3, 0.4) is 0 Å². The number of benzene rings is 1. The van der Waals surface area contributed by atoms with Gasteiger partial charge >= 0.3 is 0 Å². The molecule has 4 heteroatoms. The standard InChI is InChI=1S/C16H23FN2O/c1-4-19(5-2)10-9-14(18-3)15-11-12-7-6-8-13(17)16(12)20-15/h6-8,11,14,18H,4-5,9-10H2,1-3H3. The molecule has 0 amide bonds. The minimum atomic E-state index is -0.299. The second-order valence-electron chi connectivity index (χ2n) is 4.96. The van der Waals surface area contributed by atoms with E-state index in [0.29, 0.717) is 5.58 Å². The highest BCUT2D eigenvalue weighted by molar-refractivity contribution is 5.78. The lowest BCUT2D eigenvalue weighted by molar-refractivity contribution is 0.276. The fourth-order valence-electron chi connectivity index (χ4n) is 2.50. The number of rotatable bonds is 7. The van der Waals surface area contributed by atoms with Crippen molar-refractivity contribution < 1.29 is 8.81 Å². The molecule has 1 N–H and O–H groups in total. The molecule has 2 aromatic rings. The Labute approximate surface area is 119 Å². The van der Waals surface area contributed by atoms with Gasteiger partial charge in [0.15, 0.2) is 11.4 Å². The Morgan fingerprint density at radius 2 is 2.05 bits per heavy atom. The average molecular weight is 278 g/mol. The van der Waals surface area contributed by atoms with Gasteiger partial charge in [-0.25, -0.2) is 4.39 Å². The van der Waals surface area contributed by atoms with Gasteiger partial charge in [0.05, 0.1) is 6.04 Å². The summed E-state index contributed by atoms with van der Waals surface area (Å²) >= 11 is 0. The van der Waals surface area contributed by atoms with Crippen LogP contribution in [0, 0.1) is 5.82 Å². The van der Waals surface area contributed by atoms with Crippen LogP contribution in [0.15, 0.2) is 28.7 Å². The number of fused-ring (bicyclic) bond motifs is 1. The molecule has 1 aromatic heterocycles. The molecule has 110 valence electrons. The summed E-state index contributed by atoms with van der Waals surface area (Å²) in [7, 11) is 1.91. The zero-order chi connectivity index (χ0) is 14.5. The van der Waals surface area contributed by atoms with Gasteiger partial charge in [0.1, 0.15) is 5.76 Å². The number of nitrogens with zero attached hydrogens (tertiary/aromatic N) is 1. The summed E-state index contributed by atoms with van der Waals surface area (Å²) in [5.74, 6) is 0.507. The van der Waals surface area contributed by atoms with Crippen molar-refractivity contribution in [2.24, 2.45) is 0 Å². The van der Waals surface area contributed by atoms with Crippen LogP contribution >= 0.6 is 0 Å². The Morgan fingerprint density at radius 1 is 1.30 bits per heavy atom. The summed E-state index contributed by atoms with van der Waals surface area (Å²) in [6, 6.07) is 7.06. The Balaban J connectivity index is 2.15. The van der Waals surface area contributed by atoms with Gasteiger partial charge in [0.2, 0.25) is 0 Å². The zero-order valence-corrected chi connectivity index (χ0v) is 12.4. The number of hydrogen-bond donors (Lipinski definition) is 1. The zero-order valence-electron chi connectivity index (χ0n) is 12.4. The van der Waals surface area contributed by atoms with Crippen molar-refractivity contribution in [3.8, 4) is 0 Å². The van der Waals surface area contributed by atoms with Gasteiger partial charge in [-0.3, -0.25) is 0 Å². The molecule has 0 radical (unpaired) electrons. The molecule has 20 heavy (non-hydrogen) atoms. The van der Waals surface area contributed by atoms with Gasteiger partial charge < -0.3 is 14.6 Å². The third-order valence-corrected chi connectivity index (χ3v) is 3.84. The highest BCUT2D eigenvalue weighted by Crippen LogP contribution is 2.27. The summed E-state index contributed by atoms with van der Waals surface area (Å²) in [6.45, 7) is 7.41. The summed E-state index contributed by atoms with van der Waals surface area (Å²) in [5, 5.41) is 4.08. The van der Waals surface area contributed by atoms with E-state index in [1.807, 2.05) is 19.2 Å². The summed E-state index contributed by atoms with van der Waals surface area (Å²) in [6.07, 6.45) is 0.944. The topological polar surface area (TPSA) is 28.4 Å². The smallest absolute Gasteiger partial charge is 0.169 e. The van der Waals surface area contributed by atoms with E-state index in [4.69, 9.17) is 4.42 Å². The maximum Gasteiger partial charge on any atom is 0.169 e. The van der Waals surface area contributed by atoms with Crippen molar-refractivity contribution in [3.05, 3.63) is 35.8 Å². The van der Waals surface area contributed by atoms with Crippen LogP contribution in [0.5, 0.6) is 0 Å². The number of furan rings is 1. The maximum absolute atomic E-state index is 13.7. The van der Waals surface area contributed by atoms with Gasteiger partial charge in [-0.1, -0.05) is 26.0 Å². The molecule has 0 saturated heterocycles. The summed E-state index contributed by atoms with van der Waals surface area (Å²) in [5.41, 5.74) is 0.352. The van der Waals surface area contributed by atoms with Crippen LogP contribution in [0.25, 0.3) is 11.0 Å². The van der Waals surface area contributed by atoms with E-state index in [1.54, 1.807) is 6.07 Å². The number of para-hydroxylation sites is 1. The average Bonchev–Trinajstić information content (AvgIpc) is 2.89. The van der Waals surface area contributed by atoms with Gasteiger partial charge in [-0.15, -0.1) is 0 Å². The molecule has 0 saturated carbocycles. The molecule has 0 bridgehead atoms. The minimum absolute atomic E-state index is 0.113. The third kappa shape index (κ3) is 3.19. The molecular formula is C16H23FN2O. The quantitative estimate of drug-likeness (QED) is 0.839. The molecular weight excluding hydrogens is 255 g/mol. The van der Waals surface area contributed by atoms with Gasteiger partial charge in [0.25, 0.3) is 0 Å². The second-order valence-corrected chi connectivity index (χ2v) is 4.96. The Bertz CT molecular complexity index is 548. The molecule has 3 nitrogen and oxygen atoms in total. The van der Waals surface area contributed by atoms with Crippen LogP contribution in [0.4, 0.5) is 4.39 Å². The molecule has 0 aliphatic carbocycles. The minimum Gasteiger partial charge on any atom is -0.456 e. The molecule has 1 heterocycles. The van der Waals surface area contributed by atoms with Crippen LogP contribution < -0.4 is 5.32 Å². The van der Waals surface area contributed by atoms with E-state index in [0.717, 1.165) is 37.2 Å². The lowest BCUT2D eigenvalue weighted by atomic mass is 10.1. The van der Waals surface area contributed by atoms with Crippen molar-refractivity contribution >= 4 is 11.0 Å². The highest BCUT2D eigenvalue weighted by Gasteiger charge is 2.16. The summed E-state index contributed by atoms with van der Waals surface area (Å²) in [4.78, 5) is 2.37. The first-order valence-corrected chi connectivity index (χ1v) is 7.27. The highest BCUT2D eigenvalue weighted by atomic mass is 19.1. The maximum atomic E-state index is 13.7. The van der Waals surface area contributed by atoms with Crippen molar-refractivity contribution in [2.45, 2.75) is 26.3 Å². The largest absolute Gasteiger partial charge is 0.456 e. The van der Waals surface area contributed by atoms with Gasteiger partial charge in [0, 0.05) is 11.9 Å². The third-order valence-electron chi connectivity index (χ3n) is 3.84. The molecule has 1 unspecified atom stereocenters. The van der Waals surface area contributed by atoms with E-state index in [1.165, 1.54) is 6.07 Å². The van der Waals surface area contributed by atoms with Crippen LogP contribution in [-0.2, 0) is 0 Å². The van der Waals surface area contributed by atoms with Crippen molar-refractivity contribution in [2.75, 3.05) is 26.7 Å². The number of nitrogens with one attached hydrogen (secondary N) is 1. The summed E-state index contributed by atoms with van der Waals surface area (Å²) < 4.78 is 19.4. The SMILES string of the molecule is CCN(CC)CCC(NC)c1cc2cccc(F)c2o1. The predicted octanol–water partition coefficient (Wildman–Crippen LogP) is 3.56. The van der Waals surface area contributed by atoms with Crippen LogP contribution in [0.2, 0.25) is 0 Å². The number of hydrogen-bond acceptors (Lipinski definition) is 3. The van der Waals surface area contributed by atoms with Crippen LogP contribution in [-0.4, -0.2) is 31.6 Å². The van der Waals surface area contributed by atoms with E-state index in [2.05, 4.69) is 24.1 Å². The molecule has 0 aliphatic rings. The van der Waals surface area contributed by atoms with E-state index in [9.17, 15) is 4.39 Å². The first kappa shape index (κ1) is 15.0. The molecule has 1 aromatic carbocycles. The number of halogens is 1. The van der Waals surface area contributed by atoms with Crippen molar-refractivity contribution in [1.29, 1.82) is 0 Å². The first-order chi connectivity index (χ1) is 9.69. The fourth-order valence-corrected chi connectivity index (χ4v) is 2.50. The van der Waals surface area contributed by atoms with Gasteiger partial charge in [-0.05, 0) is 38.7 Å². The Hall–Kier alpha value is -1.39. The molecule has 0 spiro atoms. The molecule has 0 fully saturated rings. The second kappa shape index (κ2) is 6.86. The Kier molecular flexibility index (Phi) is 5.15. The first-order valence-electron chi connectivity index (χ1n) is 7.27. The normalized spacial score (nSPS) is 13.2. The molecule has 2 rings (SSSR count). The predicted molar refractivity (Wildman–Crippen MR) is 80.4 cm³/mol. The van der Waals surface area contributed by atoms with Crippen LogP contribution in [0.1, 0.15) is 32.1 Å².